The van der Waals surface area contributed by atoms with Gasteiger partial charge in [-0.1, -0.05) is 31.5 Å². The molecule has 1 aromatic carbocycles. The molecule has 154 valence electrons. The maximum absolute atomic E-state index is 12.5. The fourth-order valence-corrected chi connectivity index (χ4v) is 2.24. The van der Waals surface area contributed by atoms with Crippen LogP contribution in [0.15, 0.2) is 24.3 Å². The van der Waals surface area contributed by atoms with Crippen LogP contribution in [0, 0.1) is 12.8 Å². The van der Waals surface area contributed by atoms with Gasteiger partial charge in [-0.05, 0) is 45.7 Å². The molecule has 0 saturated carbocycles. The summed E-state index contributed by atoms with van der Waals surface area (Å²) >= 11 is 0. The average Bonchev–Trinajstić information content (AvgIpc) is 2.58. The highest BCUT2D eigenvalue weighted by atomic mass is 16.5. The second-order valence-electron chi connectivity index (χ2n) is 7.26. The zero-order valence-corrected chi connectivity index (χ0v) is 17.2. The number of carbonyl (C=O) groups is 4. The van der Waals surface area contributed by atoms with Gasteiger partial charge in [-0.3, -0.25) is 14.9 Å². The first-order valence-corrected chi connectivity index (χ1v) is 9.20. The molecule has 0 fully saturated rings. The zero-order valence-electron chi connectivity index (χ0n) is 17.2. The number of carbonyl (C=O) groups excluding carboxylic acids is 4. The van der Waals surface area contributed by atoms with Crippen LogP contribution in [0.2, 0.25) is 0 Å². The number of urea groups is 1. The van der Waals surface area contributed by atoms with Crippen LogP contribution in [0.4, 0.5) is 4.79 Å². The number of benzene rings is 1. The summed E-state index contributed by atoms with van der Waals surface area (Å²) in [5.74, 6) is -2.17. The third-order valence-corrected chi connectivity index (χ3v) is 3.84. The van der Waals surface area contributed by atoms with Crippen LogP contribution >= 0.6 is 0 Å². The molecule has 1 aromatic rings. The van der Waals surface area contributed by atoms with Crippen LogP contribution in [0.25, 0.3) is 0 Å². The lowest BCUT2D eigenvalue weighted by molar-refractivity contribution is -0.157. The number of ether oxygens (including phenoxy) is 1. The second-order valence-corrected chi connectivity index (χ2v) is 7.26. The van der Waals surface area contributed by atoms with Crippen molar-refractivity contribution in [1.82, 2.24) is 16.0 Å². The lowest BCUT2D eigenvalue weighted by atomic mass is 10.0. The summed E-state index contributed by atoms with van der Waals surface area (Å²) in [6.45, 7) is 10.3. The normalized spacial score (nSPS) is 12.9. The zero-order chi connectivity index (χ0) is 21.4. The summed E-state index contributed by atoms with van der Waals surface area (Å²) in [7, 11) is 0. The topological polar surface area (TPSA) is 114 Å². The summed E-state index contributed by atoms with van der Waals surface area (Å²) in [4.78, 5) is 48.4. The first-order chi connectivity index (χ1) is 13.0. The number of imide groups is 1. The maximum atomic E-state index is 12.5. The quantitative estimate of drug-likeness (QED) is 0.615. The van der Waals surface area contributed by atoms with Crippen molar-refractivity contribution < 1.29 is 23.9 Å². The van der Waals surface area contributed by atoms with Crippen molar-refractivity contribution in [3.8, 4) is 0 Å². The van der Waals surface area contributed by atoms with Crippen LogP contribution in [0.3, 0.4) is 0 Å². The number of hydrogen-bond acceptors (Lipinski definition) is 5. The van der Waals surface area contributed by atoms with E-state index in [4.69, 9.17) is 4.74 Å². The van der Waals surface area contributed by atoms with Gasteiger partial charge in [-0.15, -0.1) is 0 Å². The highest BCUT2D eigenvalue weighted by molar-refractivity contribution is 5.99. The lowest BCUT2D eigenvalue weighted by Crippen LogP contribution is -2.50. The number of rotatable bonds is 7. The van der Waals surface area contributed by atoms with Crippen LogP contribution < -0.4 is 16.0 Å². The molecule has 0 bridgehead atoms. The van der Waals surface area contributed by atoms with Gasteiger partial charge in [-0.2, -0.15) is 0 Å². The first-order valence-electron chi connectivity index (χ1n) is 9.20. The number of amides is 4. The summed E-state index contributed by atoms with van der Waals surface area (Å²) in [5.41, 5.74) is 1.43. The Hall–Kier alpha value is -2.90. The summed E-state index contributed by atoms with van der Waals surface area (Å²) < 4.78 is 5.15. The highest BCUT2D eigenvalue weighted by Crippen LogP contribution is 2.09. The van der Waals surface area contributed by atoms with Gasteiger partial charge in [0.25, 0.3) is 11.8 Å². The Morgan fingerprint density at radius 3 is 1.96 bits per heavy atom. The molecule has 28 heavy (non-hydrogen) atoms. The Labute approximate surface area is 165 Å². The largest absolute Gasteiger partial charge is 0.451 e. The molecule has 8 heteroatoms. The van der Waals surface area contributed by atoms with E-state index in [0.717, 1.165) is 5.56 Å². The molecule has 3 N–H and O–H groups in total. The van der Waals surface area contributed by atoms with Gasteiger partial charge in [0.05, 0.1) is 0 Å². The van der Waals surface area contributed by atoms with Gasteiger partial charge in [-0.25, -0.2) is 9.59 Å². The van der Waals surface area contributed by atoms with Gasteiger partial charge in [0.2, 0.25) is 0 Å². The number of hydrogen-bond donors (Lipinski definition) is 3. The van der Waals surface area contributed by atoms with Crippen LogP contribution in [-0.4, -0.2) is 42.0 Å². The van der Waals surface area contributed by atoms with Crippen LogP contribution in [0.1, 0.15) is 50.5 Å². The van der Waals surface area contributed by atoms with E-state index < -0.39 is 36.0 Å². The third-order valence-electron chi connectivity index (χ3n) is 3.84. The van der Waals surface area contributed by atoms with E-state index >= 15 is 0 Å². The summed E-state index contributed by atoms with van der Waals surface area (Å²) in [6.07, 6.45) is -1.19. The molecule has 0 saturated heterocycles. The molecule has 4 amide bonds. The van der Waals surface area contributed by atoms with Crippen molar-refractivity contribution in [2.45, 2.75) is 59.7 Å². The molecule has 0 radical (unpaired) electrons. The molecular formula is C20H29N3O5. The predicted molar refractivity (Wildman–Crippen MR) is 105 cm³/mol. The van der Waals surface area contributed by atoms with E-state index in [9.17, 15) is 19.2 Å². The van der Waals surface area contributed by atoms with Gasteiger partial charge < -0.3 is 15.4 Å². The van der Waals surface area contributed by atoms with Gasteiger partial charge in [0, 0.05) is 11.6 Å². The Morgan fingerprint density at radius 1 is 0.893 bits per heavy atom. The molecule has 0 aliphatic rings. The standard InChI is InChI=1S/C20H29N3O5/c1-11(2)16(22-18(25)15-9-7-13(5)8-10-15)19(26)28-14(6)17(24)23-20(27)21-12(3)4/h7-12,14,16H,1-6H3,(H,22,25)(H2,21,23,24,27)/t14?,16-/m0/s1. The number of esters is 1. The van der Waals surface area contributed by atoms with Gasteiger partial charge in [0.15, 0.2) is 6.10 Å². The lowest BCUT2D eigenvalue weighted by Gasteiger charge is -2.23. The molecule has 0 heterocycles. The smallest absolute Gasteiger partial charge is 0.329 e. The molecule has 0 aliphatic carbocycles. The van der Waals surface area contributed by atoms with Gasteiger partial charge >= 0.3 is 12.0 Å². The SMILES string of the molecule is Cc1ccc(C(=O)N[C@H](C(=O)OC(C)C(=O)NC(=O)NC(C)C)C(C)C)cc1. The maximum Gasteiger partial charge on any atom is 0.329 e. The molecule has 1 unspecified atom stereocenters. The first kappa shape index (κ1) is 23.1. The summed E-state index contributed by atoms with van der Waals surface area (Å²) in [6, 6.07) is 5.17. The van der Waals surface area contributed by atoms with Crippen molar-refractivity contribution in [2.75, 3.05) is 0 Å². The molecule has 0 spiro atoms. The van der Waals surface area contributed by atoms with Crippen molar-refractivity contribution in [1.29, 1.82) is 0 Å². The predicted octanol–water partition coefficient (Wildman–Crippen LogP) is 1.92. The number of aryl methyl sites for hydroxylation is 1. The van der Waals surface area contributed by atoms with Crippen molar-refractivity contribution in [3.05, 3.63) is 35.4 Å². The Bertz CT molecular complexity index is 713. The second kappa shape index (κ2) is 10.4. The van der Waals surface area contributed by atoms with E-state index in [1.165, 1.54) is 6.92 Å². The minimum absolute atomic E-state index is 0.145. The van der Waals surface area contributed by atoms with E-state index in [1.807, 2.05) is 6.92 Å². The molecular weight excluding hydrogens is 362 g/mol. The van der Waals surface area contributed by atoms with Crippen molar-refractivity contribution >= 4 is 23.8 Å². The minimum Gasteiger partial charge on any atom is -0.451 e. The molecule has 8 nitrogen and oxygen atoms in total. The van der Waals surface area contributed by atoms with Crippen molar-refractivity contribution in [3.63, 3.8) is 0 Å². The Balaban J connectivity index is 2.71. The van der Waals surface area contributed by atoms with Crippen LogP contribution in [0.5, 0.6) is 0 Å². The van der Waals surface area contributed by atoms with Crippen LogP contribution in [-0.2, 0) is 14.3 Å². The summed E-state index contributed by atoms with van der Waals surface area (Å²) in [5, 5.41) is 7.24. The fourth-order valence-electron chi connectivity index (χ4n) is 2.24. The highest BCUT2D eigenvalue weighted by Gasteiger charge is 2.29. The van der Waals surface area contributed by atoms with E-state index in [1.54, 1.807) is 52.0 Å². The Morgan fingerprint density at radius 2 is 1.46 bits per heavy atom. The minimum atomic E-state index is -1.19. The molecule has 2 atom stereocenters. The van der Waals surface area contributed by atoms with E-state index in [0.29, 0.717) is 5.56 Å². The van der Waals surface area contributed by atoms with Crippen molar-refractivity contribution in [2.24, 2.45) is 5.92 Å². The molecule has 0 aliphatic heterocycles. The third kappa shape index (κ3) is 7.38. The average molecular weight is 391 g/mol. The van der Waals surface area contributed by atoms with E-state index in [-0.39, 0.29) is 12.0 Å². The molecule has 0 aromatic heterocycles. The molecule has 1 rings (SSSR count). The monoisotopic (exact) mass is 391 g/mol. The number of nitrogens with one attached hydrogen (secondary N) is 3. The van der Waals surface area contributed by atoms with E-state index in [2.05, 4.69) is 16.0 Å². The fraction of sp³-hybridized carbons (Fsp3) is 0.500. The Kier molecular flexibility index (Phi) is 8.63. The van der Waals surface area contributed by atoms with Gasteiger partial charge in [0.1, 0.15) is 6.04 Å².